The molecule has 1 aromatic carbocycles. The Balaban J connectivity index is 2.51. The van der Waals surface area contributed by atoms with E-state index in [1.165, 1.54) is 4.90 Å². The van der Waals surface area contributed by atoms with Gasteiger partial charge in [-0.05, 0) is 31.5 Å². The minimum absolute atomic E-state index is 0.00401. The number of hydrogen-bond acceptors (Lipinski definition) is 3. The minimum Gasteiger partial charge on any atom is -0.374 e. The van der Waals surface area contributed by atoms with Crippen LogP contribution in [0.3, 0.4) is 0 Å². The Morgan fingerprint density at radius 1 is 1.20 bits per heavy atom. The normalized spacial score (nSPS) is 10.4. The molecule has 0 aliphatic heterocycles. The standard InChI is InChI=1S/C15H22N2O3/c1-11(2)20-10-12-5-7-13(8-6-12)15(19)16-9-14(18)17(3)4/h5-8,11H,9-10H2,1-4H3,(H,16,19). The number of ether oxygens (including phenoxy) is 1. The fourth-order valence-electron chi connectivity index (χ4n) is 1.43. The molecular weight excluding hydrogens is 256 g/mol. The topological polar surface area (TPSA) is 58.6 Å². The summed E-state index contributed by atoms with van der Waals surface area (Å²) in [5.74, 6) is -0.392. The lowest BCUT2D eigenvalue weighted by molar-refractivity contribution is -0.127. The summed E-state index contributed by atoms with van der Waals surface area (Å²) >= 11 is 0. The molecule has 0 bridgehead atoms. The number of carbonyl (C=O) groups is 2. The van der Waals surface area contributed by atoms with Crippen LogP contribution in [0.15, 0.2) is 24.3 Å². The molecule has 0 unspecified atom stereocenters. The first-order valence-electron chi connectivity index (χ1n) is 6.59. The molecule has 5 heteroatoms. The smallest absolute Gasteiger partial charge is 0.251 e. The maximum absolute atomic E-state index is 11.8. The van der Waals surface area contributed by atoms with Crippen molar-refractivity contribution in [1.82, 2.24) is 10.2 Å². The van der Waals surface area contributed by atoms with Gasteiger partial charge in [0, 0.05) is 19.7 Å². The Labute approximate surface area is 119 Å². The highest BCUT2D eigenvalue weighted by Crippen LogP contribution is 2.07. The van der Waals surface area contributed by atoms with E-state index in [0.717, 1.165) is 5.56 Å². The second-order valence-electron chi connectivity index (χ2n) is 5.03. The van der Waals surface area contributed by atoms with Gasteiger partial charge in [0.1, 0.15) is 0 Å². The third-order valence-corrected chi connectivity index (χ3v) is 2.70. The van der Waals surface area contributed by atoms with Gasteiger partial charge < -0.3 is 15.0 Å². The lowest BCUT2D eigenvalue weighted by Gasteiger charge is -2.11. The van der Waals surface area contributed by atoms with Crippen molar-refractivity contribution in [1.29, 1.82) is 0 Å². The van der Waals surface area contributed by atoms with Crippen LogP contribution in [0.2, 0.25) is 0 Å². The van der Waals surface area contributed by atoms with Crippen molar-refractivity contribution in [3.63, 3.8) is 0 Å². The van der Waals surface area contributed by atoms with Gasteiger partial charge in [-0.15, -0.1) is 0 Å². The number of benzene rings is 1. The van der Waals surface area contributed by atoms with Crippen LogP contribution in [0.25, 0.3) is 0 Å². The Bertz CT molecular complexity index is 453. The molecule has 0 aliphatic carbocycles. The summed E-state index contributed by atoms with van der Waals surface area (Å²) in [5, 5.41) is 2.59. The lowest BCUT2D eigenvalue weighted by Crippen LogP contribution is -2.36. The maximum Gasteiger partial charge on any atom is 0.251 e. The van der Waals surface area contributed by atoms with Gasteiger partial charge in [-0.25, -0.2) is 0 Å². The van der Waals surface area contributed by atoms with Gasteiger partial charge in [-0.3, -0.25) is 9.59 Å². The van der Waals surface area contributed by atoms with E-state index in [9.17, 15) is 9.59 Å². The maximum atomic E-state index is 11.8. The average molecular weight is 278 g/mol. The Morgan fingerprint density at radius 3 is 2.30 bits per heavy atom. The van der Waals surface area contributed by atoms with E-state index < -0.39 is 0 Å². The molecule has 110 valence electrons. The number of amides is 2. The molecule has 0 heterocycles. The van der Waals surface area contributed by atoms with Crippen molar-refractivity contribution in [3.05, 3.63) is 35.4 Å². The van der Waals surface area contributed by atoms with Crippen molar-refractivity contribution in [2.45, 2.75) is 26.6 Å². The van der Waals surface area contributed by atoms with E-state index in [0.29, 0.717) is 12.2 Å². The average Bonchev–Trinajstić information content (AvgIpc) is 2.42. The molecule has 0 aliphatic rings. The zero-order chi connectivity index (χ0) is 15.1. The van der Waals surface area contributed by atoms with E-state index in [1.54, 1.807) is 26.2 Å². The molecule has 0 saturated heterocycles. The molecule has 0 saturated carbocycles. The van der Waals surface area contributed by atoms with Crippen LogP contribution in [-0.2, 0) is 16.1 Å². The van der Waals surface area contributed by atoms with Gasteiger partial charge in [-0.1, -0.05) is 12.1 Å². The van der Waals surface area contributed by atoms with Gasteiger partial charge >= 0.3 is 0 Å². The van der Waals surface area contributed by atoms with Gasteiger partial charge in [0.25, 0.3) is 5.91 Å². The van der Waals surface area contributed by atoms with Crippen LogP contribution in [0.4, 0.5) is 0 Å². The van der Waals surface area contributed by atoms with Gasteiger partial charge in [0.2, 0.25) is 5.91 Å². The van der Waals surface area contributed by atoms with Gasteiger partial charge in [-0.2, -0.15) is 0 Å². The molecule has 1 rings (SSSR count). The van der Waals surface area contributed by atoms with Gasteiger partial charge in [0.15, 0.2) is 0 Å². The van der Waals surface area contributed by atoms with E-state index in [4.69, 9.17) is 4.74 Å². The first-order chi connectivity index (χ1) is 9.40. The van der Waals surface area contributed by atoms with Crippen LogP contribution < -0.4 is 5.32 Å². The summed E-state index contributed by atoms with van der Waals surface area (Å²) in [7, 11) is 3.30. The summed E-state index contributed by atoms with van der Waals surface area (Å²) in [6, 6.07) is 7.17. The second-order valence-corrected chi connectivity index (χ2v) is 5.03. The van der Waals surface area contributed by atoms with Crippen molar-refractivity contribution >= 4 is 11.8 Å². The highest BCUT2D eigenvalue weighted by molar-refractivity contribution is 5.96. The molecule has 5 nitrogen and oxygen atoms in total. The SMILES string of the molecule is CC(C)OCc1ccc(C(=O)NCC(=O)N(C)C)cc1. The largest absolute Gasteiger partial charge is 0.374 e. The molecule has 0 radical (unpaired) electrons. The monoisotopic (exact) mass is 278 g/mol. The molecule has 2 amide bonds. The third kappa shape index (κ3) is 5.40. The summed E-state index contributed by atoms with van der Waals surface area (Å²) in [6.45, 7) is 4.48. The first-order valence-corrected chi connectivity index (χ1v) is 6.59. The van der Waals surface area contributed by atoms with Crippen LogP contribution in [0, 0.1) is 0 Å². The molecule has 0 aromatic heterocycles. The number of nitrogens with one attached hydrogen (secondary N) is 1. The van der Waals surface area contributed by atoms with E-state index >= 15 is 0 Å². The lowest BCUT2D eigenvalue weighted by atomic mass is 10.1. The van der Waals surface area contributed by atoms with Crippen molar-refractivity contribution in [3.8, 4) is 0 Å². The molecule has 1 aromatic rings. The van der Waals surface area contributed by atoms with Crippen molar-refractivity contribution in [2.75, 3.05) is 20.6 Å². The molecule has 1 N–H and O–H groups in total. The quantitative estimate of drug-likeness (QED) is 0.856. The summed E-state index contributed by atoms with van der Waals surface area (Å²) in [6.07, 6.45) is 0.176. The van der Waals surface area contributed by atoms with Crippen LogP contribution in [0.1, 0.15) is 29.8 Å². The summed E-state index contributed by atoms with van der Waals surface area (Å²) < 4.78 is 5.48. The zero-order valence-electron chi connectivity index (χ0n) is 12.5. The highest BCUT2D eigenvalue weighted by atomic mass is 16.5. The number of carbonyl (C=O) groups excluding carboxylic acids is 2. The fourth-order valence-corrected chi connectivity index (χ4v) is 1.43. The molecule has 0 fully saturated rings. The van der Waals surface area contributed by atoms with E-state index in [1.807, 2.05) is 26.0 Å². The Hall–Kier alpha value is -1.88. The second kappa shape index (κ2) is 7.65. The summed E-state index contributed by atoms with van der Waals surface area (Å²) in [5.41, 5.74) is 1.55. The molecular formula is C15H22N2O3. The third-order valence-electron chi connectivity index (χ3n) is 2.70. The Morgan fingerprint density at radius 2 is 1.80 bits per heavy atom. The minimum atomic E-state index is -0.253. The zero-order valence-corrected chi connectivity index (χ0v) is 12.5. The first kappa shape index (κ1) is 16.2. The predicted octanol–water partition coefficient (Wildman–Crippen LogP) is 1.43. The molecule has 0 spiro atoms. The van der Waals surface area contributed by atoms with Gasteiger partial charge in [0.05, 0.1) is 19.3 Å². The fraction of sp³-hybridized carbons (Fsp3) is 0.467. The van der Waals surface area contributed by atoms with Crippen molar-refractivity contribution < 1.29 is 14.3 Å². The molecule has 20 heavy (non-hydrogen) atoms. The summed E-state index contributed by atoms with van der Waals surface area (Å²) in [4.78, 5) is 24.6. The van der Waals surface area contributed by atoms with E-state index in [-0.39, 0.29) is 24.5 Å². The number of likely N-dealkylation sites (N-methyl/N-ethyl adjacent to an activating group) is 1. The van der Waals surface area contributed by atoms with Crippen LogP contribution in [-0.4, -0.2) is 43.5 Å². The van der Waals surface area contributed by atoms with Crippen molar-refractivity contribution in [2.24, 2.45) is 0 Å². The number of hydrogen-bond donors (Lipinski definition) is 1. The highest BCUT2D eigenvalue weighted by Gasteiger charge is 2.09. The van der Waals surface area contributed by atoms with Crippen LogP contribution in [0.5, 0.6) is 0 Å². The number of nitrogens with zero attached hydrogens (tertiary/aromatic N) is 1. The van der Waals surface area contributed by atoms with E-state index in [2.05, 4.69) is 5.32 Å². The van der Waals surface area contributed by atoms with Crippen LogP contribution >= 0.6 is 0 Å². The number of rotatable bonds is 6. The Kier molecular flexibility index (Phi) is 6.18. The predicted molar refractivity (Wildman–Crippen MR) is 77.4 cm³/mol. The molecule has 0 atom stereocenters.